The predicted octanol–water partition coefficient (Wildman–Crippen LogP) is 3.86. The lowest BCUT2D eigenvalue weighted by Crippen LogP contribution is -2.07. The van der Waals surface area contributed by atoms with E-state index in [2.05, 4.69) is 58.1 Å². The van der Waals surface area contributed by atoms with Gasteiger partial charge in [0.2, 0.25) is 11.6 Å². The van der Waals surface area contributed by atoms with Crippen molar-refractivity contribution in [1.29, 1.82) is 0 Å². The van der Waals surface area contributed by atoms with E-state index in [0.717, 1.165) is 33.9 Å². The average Bonchev–Trinajstić information content (AvgIpc) is 2.64. The summed E-state index contributed by atoms with van der Waals surface area (Å²) in [6.07, 6.45) is 0. The van der Waals surface area contributed by atoms with E-state index in [9.17, 15) is 0 Å². The van der Waals surface area contributed by atoms with Crippen LogP contribution in [0.1, 0.15) is 44.8 Å². The molecule has 0 saturated heterocycles. The molecule has 3 rings (SSSR count). The second-order valence-electron chi connectivity index (χ2n) is 6.89. The fourth-order valence-corrected chi connectivity index (χ4v) is 2.99. The SMILES string of the molecule is Cc1nc(-c2nnc(-c3nc(C)c(C)c(C)c3C)nn2)c(C)c(C)c1C. The van der Waals surface area contributed by atoms with Gasteiger partial charge >= 0.3 is 0 Å². The molecule has 0 N–H and O–H groups in total. The maximum Gasteiger partial charge on any atom is 0.222 e. The Morgan fingerprint density at radius 3 is 1.00 bits per heavy atom. The molecule has 0 unspecified atom stereocenters. The zero-order valence-corrected chi connectivity index (χ0v) is 16.7. The van der Waals surface area contributed by atoms with Crippen LogP contribution in [0.25, 0.3) is 23.0 Å². The fourth-order valence-electron chi connectivity index (χ4n) is 2.99. The summed E-state index contributed by atoms with van der Waals surface area (Å²) in [7, 11) is 0. The summed E-state index contributed by atoms with van der Waals surface area (Å²) in [5.74, 6) is 0.881. The third kappa shape index (κ3) is 2.85. The first-order chi connectivity index (χ1) is 12.2. The normalized spacial score (nSPS) is 11.1. The highest BCUT2D eigenvalue weighted by molar-refractivity contribution is 5.60. The molecule has 3 heterocycles. The van der Waals surface area contributed by atoms with Crippen molar-refractivity contribution in [2.24, 2.45) is 0 Å². The molecule has 0 aromatic carbocycles. The van der Waals surface area contributed by atoms with Crippen molar-refractivity contribution in [1.82, 2.24) is 30.4 Å². The van der Waals surface area contributed by atoms with Gasteiger partial charge in [-0.1, -0.05) is 0 Å². The monoisotopic (exact) mass is 348 g/mol. The molecule has 0 bridgehead atoms. The molecule has 3 aromatic heterocycles. The van der Waals surface area contributed by atoms with Crippen LogP contribution < -0.4 is 0 Å². The number of hydrogen-bond donors (Lipinski definition) is 0. The highest BCUT2D eigenvalue weighted by Gasteiger charge is 2.17. The van der Waals surface area contributed by atoms with Crippen LogP contribution in [0, 0.1) is 55.4 Å². The lowest BCUT2D eigenvalue weighted by molar-refractivity contribution is 0.856. The third-order valence-electron chi connectivity index (χ3n) is 5.51. The highest BCUT2D eigenvalue weighted by Crippen LogP contribution is 2.26. The second kappa shape index (κ2) is 6.52. The molecule has 0 amide bonds. The van der Waals surface area contributed by atoms with Crippen LogP contribution in [0.5, 0.6) is 0 Å². The minimum Gasteiger partial charge on any atom is -0.249 e. The van der Waals surface area contributed by atoms with E-state index < -0.39 is 0 Å². The lowest BCUT2D eigenvalue weighted by Gasteiger charge is -2.13. The molecule has 6 heteroatoms. The summed E-state index contributed by atoms with van der Waals surface area (Å²) >= 11 is 0. The van der Waals surface area contributed by atoms with Gasteiger partial charge in [0.25, 0.3) is 0 Å². The molecule has 0 atom stereocenters. The van der Waals surface area contributed by atoms with E-state index in [1.54, 1.807) is 0 Å². The molecule has 6 nitrogen and oxygen atoms in total. The number of aromatic nitrogens is 6. The van der Waals surface area contributed by atoms with Gasteiger partial charge in [-0.2, -0.15) is 0 Å². The standard InChI is InChI=1S/C20H24N6/c1-9-11(3)15(7)21-17(13(9)5)19-23-25-20(26-24-19)18-14(6)10(2)12(4)16(8)22-18/h1-8H3. The Morgan fingerprint density at radius 2 is 0.692 bits per heavy atom. The van der Waals surface area contributed by atoms with E-state index in [0.29, 0.717) is 11.6 Å². The van der Waals surface area contributed by atoms with Crippen LogP contribution in [0.15, 0.2) is 0 Å². The summed E-state index contributed by atoms with van der Waals surface area (Å²) in [5.41, 5.74) is 10.3. The number of hydrogen-bond acceptors (Lipinski definition) is 6. The molecule has 0 aliphatic heterocycles. The van der Waals surface area contributed by atoms with E-state index in [-0.39, 0.29) is 0 Å². The van der Waals surface area contributed by atoms with Gasteiger partial charge in [0.1, 0.15) is 11.4 Å². The Bertz CT molecular complexity index is 924. The van der Waals surface area contributed by atoms with Gasteiger partial charge in [0.05, 0.1) is 0 Å². The third-order valence-corrected chi connectivity index (χ3v) is 5.51. The number of rotatable bonds is 2. The Morgan fingerprint density at radius 1 is 0.385 bits per heavy atom. The quantitative estimate of drug-likeness (QED) is 0.700. The van der Waals surface area contributed by atoms with Gasteiger partial charge in [0.15, 0.2) is 0 Å². The summed E-state index contributed by atoms with van der Waals surface area (Å²) in [5, 5.41) is 17.2. The molecule has 0 aliphatic carbocycles. The van der Waals surface area contributed by atoms with Crippen molar-refractivity contribution < 1.29 is 0 Å². The van der Waals surface area contributed by atoms with Crippen LogP contribution in [-0.2, 0) is 0 Å². The largest absolute Gasteiger partial charge is 0.249 e. The molecule has 26 heavy (non-hydrogen) atoms. The second-order valence-corrected chi connectivity index (χ2v) is 6.89. The van der Waals surface area contributed by atoms with E-state index in [4.69, 9.17) is 0 Å². The summed E-state index contributed by atoms with van der Waals surface area (Å²) in [6.45, 7) is 16.4. The Kier molecular flexibility index (Phi) is 4.52. The zero-order chi connectivity index (χ0) is 19.2. The van der Waals surface area contributed by atoms with Crippen LogP contribution in [0.3, 0.4) is 0 Å². The molecule has 0 radical (unpaired) electrons. The Hall–Kier alpha value is -2.76. The molecule has 134 valence electrons. The van der Waals surface area contributed by atoms with Gasteiger partial charge in [-0.25, -0.2) is 9.97 Å². The molecular formula is C20H24N6. The first kappa shape index (κ1) is 18.0. The van der Waals surface area contributed by atoms with E-state index >= 15 is 0 Å². The van der Waals surface area contributed by atoms with Crippen molar-refractivity contribution in [3.05, 3.63) is 44.8 Å². The highest BCUT2D eigenvalue weighted by atomic mass is 15.3. The summed E-state index contributed by atoms with van der Waals surface area (Å²) in [6, 6.07) is 0. The first-order valence-corrected chi connectivity index (χ1v) is 8.69. The fraction of sp³-hybridized carbons (Fsp3) is 0.400. The summed E-state index contributed by atoms with van der Waals surface area (Å²) < 4.78 is 0. The van der Waals surface area contributed by atoms with Crippen molar-refractivity contribution in [3.8, 4) is 23.0 Å². The van der Waals surface area contributed by atoms with Gasteiger partial charge in [-0.15, -0.1) is 20.4 Å². The zero-order valence-electron chi connectivity index (χ0n) is 16.7. The van der Waals surface area contributed by atoms with Crippen LogP contribution in [0.2, 0.25) is 0 Å². The maximum atomic E-state index is 4.64. The maximum absolute atomic E-state index is 4.64. The molecular weight excluding hydrogens is 324 g/mol. The van der Waals surface area contributed by atoms with Crippen LogP contribution in [0.4, 0.5) is 0 Å². The average molecular weight is 348 g/mol. The topological polar surface area (TPSA) is 77.3 Å². The van der Waals surface area contributed by atoms with E-state index in [1.165, 1.54) is 22.3 Å². The number of aryl methyl sites for hydroxylation is 2. The summed E-state index contributed by atoms with van der Waals surface area (Å²) in [4.78, 5) is 9.29. The smallest absolute Gasteiger partial charge is 0.222 e. The minimum atomic E-state index is 0.440. The van der Waals surface area contributed by atoms with Gasteiger partial charge in [-0.05, 0) is 88.8 Å². The molecule has 0 saturated carbocycles. The van der Waals surface area contributed by atoms with Crippen molar-refractivity contribution in [3.63, 3.8) is 0 Å². The first-order valence-electron chi connectivity index (χ1n) is 8.69. The van der Waals surface area contributed by atoms with Gasteiger partial charge < -0.3 is 0 Å². The van der Waals surface area contributed by atoms with Gasteiger partial charge in [-0.3, -0.25) is 0 Å². The van der Waals surface area contributed by atoms with Crippen molar-refractivity contribution >= 4 is 0 Å². The number of pyridine rings is 2. The minimum absolute atomic E-state index is 0.440. The number of nitrogens with zero attached hydrogens (tertiary/aromatic N) is 6. The molecule has 0 spiro atoms. The Balaban J connectivity index is 2.09. The lowest BCUT2D eigenvalue weighted by atomic mass is 10.0. The molecule has 3 aromatic rings. The van der Waals surface area contributed by atoms with Crippen molar-refractivity contribution in [2.45, 2.75) is 55.4 Å². The van der Waals surface area contributed by atoms with Crippen LogP contribution >= 0.6 is 0 Å². The Labute approximate surface area is 154 Å². The predicted molar refractivity (Wildman–Crippen MR) is 102 cm³/mol. The van der Waals surface area contributed by atoms with Crippen molar-refractivity contribution in [2.75, 3.05) is 0 Å². The molecule has 0 aliphatic rings. The van der Waals surface area contributed by atoms with E-state index in [1.807, 2.05) is 27.7 Å². The molecule has 0 fully saturated rings. The van der Waals surface area contributed by atoms with Gasteiger partial charge in [0, 0.05) is 11.4 Å². The van der Waals surface area contributed by atoms with Crippen LogP contribution in [-0.4, -0.2) is 30.4 Å².